The Bertz CT molecular complexity index is 756. The number of fused-ring (bicyclic) bond motifs is 1. The Morgan fingerprint density at radius 2 is 1.85 bits per heavy atom. The van der Waals surface area contributed by atoms with Gasteiger partial charge in [0, 0.05) is 23.8 Å². The number of halogens is 2. The van der Waals surface area contributed by atoms with E-state index in [1.165, 1.54) is 6.07 Å². The fourth-order valence-corrected chi connectivity index (χ4v) is 2.04. The second kappa shape index (κ2) is 5.25. The van der Waals surface area contributed by atoms with Crippen LogP contribution in [0.5, 0.6) is 0 Å². The Morgan fingerprint density at radius 1 is 0.950 bits per heavy atom. The molecule has 0 saturated carbocycles. The lowest BCUT2D eigenvalue weighted by molar-refractivity contribution is 0.507. The molecule has 0 saturated heterocycles. The van der Waals surface area contributed by atoms with Gasteiger partial charge >= 0.3 is 0 Å². The largest absolute Gasteiger partial charge is 0.381 e. The number of rotatable bonds is 3. The van der Waals surface area contributed by atoms with Crippen LogP contribution in [0.1, 0.15) is 5.56 Å². The molecule has 3 aromatic rings. The highest BCUT2D eigenvalue weighted by Crippen LogP contribution is 2.18. The van der Waals surface area contributed by atoms with Crippen LogP contribution in [0.25, 0.3) is 10.9 Å². The lowest BCUT2D eigenvalue weighted by atomic mass is 10.2. The molecular weight excluding hydrogens is 258 g/mol. The molecule has 2 aromatic carbocycles. The van der Waals surface area contributed by atoms with Gasteiger partial charge in [-0.15, -0.1) is 0 Å². The van der Waals surface area contributed by atoms with E-state index >= 15 is 0 Å². The topological polar surface area (TPSA) is 24.9 Å². The molecule has 0 aliphatic rings. The van der Waals surface area contributed by atoms with Gasteiger partial charge in [-0.1, -0.05) is 12.1 Å². The van der Waals surface area contributed by atoms with Gasteiger partial charge in [-0.3, -0.25) is 4.98 Å². The number of aromatic nitrogens is 1. The van der Waals surface area contributed by atoms with Gasteiger partial charge in [0.1, 0.15) is 0 Å². The third kappa shape index (κ3) is 2.59. The summed E-state index contributed by atoms with van der Waals surface area (Å²) in [6.07, 6.45) is 1.75. The van der Waals surface area contributed by atoms with Crippen molar-refractivity contribution in [2.75, 3.05) is 5.32 Å². The summed E-state index contributed by atoms with van der Waals surface area (Å²) in [5.74, 6) is -1.66. The zero-order valence-electron chi connectivity index (χ0n) is 10.6. The molecule has 0 aliphatic heterocycles. The van der Waals surface area contributed by atoms with Crippen molar-refractivity contribution >= 4 is 16.6 Å². The fourth-order valence-electron chi connectivity index (χ4n) is 2.04. The third-order valence-electron chi connectivity index (χ3n) is 3.08. The number of hydrogen-bond donors (Lipinski definition) is 1. The van der Waals surface area contributed by atoms with Crippen LogP contribution in [0.2, 0.25) is 0 Å². The van der Waals surface area contributed by atoms with Crippen molar-refractivity contribution in [2.45, 2.75) is 6.54 Å². The molecule has 0 bridgehead atoms. The molecule has 0 aliphatic carbocycles. The van der Waals surface area contributed by atoms with E-state index in [2.05, 4.69) is 10.3 Å². The van der Waals surface area contributed by atoms with Crippen LogP contribution in [0.15, 0.2) is 54.7 Å². The number of nitrogens with zero attached hydrogens (tertiary/aromatic N) is 1. The maximum atomic E-state index is 13.1. The first-order valence-corrected chi connectivity index (χ1v) is 6.25. The summed E-state index contributed by atoms with van der Waals surface area (Å²) >= 11 is 0. The lowest BCUT2D eigenvalue weighted by Gasteiger charge is -2.08. The second-order valence-electron chi connectivity index (χ2n) is 4.51. The van der Waals surface area contributed by atoms with Crippen molar-refractivity contribution in [3.63, 3.8) is 0 Å². The first kappa shape index (κ1) is 12.5. The van der Waals surface area contributed by atoms with Crippen molar-refractivity contribution in [3.05, 3.63) is 71.9 Å². The van der Waals surface area contributed by atoms with Crippen molar-refractivity contribution in [1.29, 1.82) is 0 Å². The zero-order valence-corrected chi connectivity index (χ0v) is 10.6. The van der Waals surface area contributed by atoms with Crippen LogP contribution < -0.4 is 5.32 Å². The first-order valence-electron chi connectivity index (χ1n) is 6.25. The molecule has 2 nitrogen and oxygen atoms in total. The van der Waals surface area contributed by atoms with E-state index in [4.69, 9.17) is 0 Å². The number of nitrogens with one attached hydrogen (secondary N) is 1. The molecule has 0 atom stereocenters. The van der Waals surface area contributed by atoms with Crippen molar-refractivity contribution in [2.24, 2.45) is 0 Å². The first-order chi connectivity index (χ1) is 9.72. The predicted molar refractivity (Wildman–Crippen MR) is 75.4 cm³/mol. The summed E-state index contributed by atoms with van der Waals surface area (Å²) in [5, 5.41) is 4.21. The Morgan fingerprint density at radius 3 is 2.70 bits per heavy atom. The minimum Gasteiger partial charge on any atom is -0.381 e. The Labute approximate surface area is 115 Å². The van der Waals surface area contributed by atoms with Crippen molar-refractivity contribution < 1.29 is 8.78 Å². The molecule has 20 heavy (non-hydrogen) atoms. The van der Waals surface area contributed by atoms with Crippen LogP contribution in [-0.4, -0.2) is 4.98 Å². The van der Waals surface area contributed by atoms with Gasteiger partial charge < -0.3 is 5.32 Å². The molecule has 1 heterocycles. The summed E-state index contributed by atoms with van der Waals surface area (Å²) in [7, 11) is 0. The molecule has 100 valence electrons. The number of anilines is 1. The normalized spacial score (nSPS) is 10.7. The minimum absolute atomic E-state index is 0.434. The standard InChI is InChI=1S/C16H12F2N2/c17-14-5-3-11(8-15(14)18)10-20-13-4-6-16-12(9-13)2-1-7-19-16/h1-9,20H,10H2. The molecular formula is C16H12F2N2. The zero-order chi connectivity index (χ0) is 13.9. The minimum atomic E-state index is -0.828. The molecule has 0 radical (unpaired) electrons. The molecule has 0 spiro atoms. The third-order valence-corrected chi connectivity index (χ3v) is 3.08. The molecule has 4 heteroatoms. The SMILES string of the molecule is Fc1ccc(CNc2ccc3ncccc3c2)cc1F. The van der Waals surface area contributed by atoms with Gasteiger partial charge in [-0.2, -0.15) is 0 Å². The summed E-state index contributed by atoms with van der Waals surface area (Å²) in [6.45, 7) is 0.434. The summed E-state index contributed by atoms with van der Waals surface area (Å²) in [4.78, 5) is 4.24. The van der Waals surface area contributed by atoms with Crippen LogP contribution >= 0.6 is 0 Å². The lowest BCUT2D eigenvalue weighted by Crippen LogP contribution is -2.00. The quantitative estimate of drug-likeness (QED) is 0.774. The maximum absolute atomic E-state index is 13.1. The maximum Gasteiger partial charge on any atom is 0.159 e. The summed E-state index contributed by atoms with van der Waals surface area (Å²) in [6, 6.07) is 13.6. The van der Waals surface area contributed by atoms with Crippen LogP contribution in [0, 0.1) is 11.6 Å². The van der Waals surface area contributed by atoms with E-state index in [1.54, 1.807) is 12.3 Å². The van der Waals surface area contributed by atoms with Crippen molar-refractivity contribution in [1.82, 2.24) is 4.98 Å². The molecule has 0 unspecified atom stereocenters. The van der Waals surface area contributed by atoms with E-state index in [1.807, 2.05) is 30.3 Å². The molecule has 0 fully saturated rings. The van der Waals surface area contributed by atoms with Gasteiger partial charge in [0.05, 0.1) is 5.52 Å². The van der Waals surface area contributed by atoms with Gasteiger partial charge in [0.15, 0.2) is 11.6 Å². The van der Waals surface area contributed by atoms with Crippen LogP contribution in [0.3, 0.4) is 0 Å². The second-order valence-corrected chi connectivity index (χ2v) is 4.51. The van der Waals surface area contributed by atoms with Gasteiger partial charge in [0.2, 0.25) is 0 Å². The van der Waals surface area contributed by atoms with E-state index in [9.17, 15) is 8.78 Å². The van der Waals surface area contributed by atoms with Crippen LogP contribution in [0.4, 0.5) is 14.5 Å². The van der Waals surface area contributed by atoms with Gasteiger partial charge in [-0.05, 0) is 42.0 Å². The van der Waals surface area contributed by atoms with Gasteiger partial charge in [0.25, 0.3) is 0 Å². The number of hydrogen-bond acceptors (Lipinski definition) is 2. The Hall–Kier alpha value is -2.49. The summed E-state index contributed by atoms with van der Waals surface area (Å²) in [5.41, 5.74) is 2.52. The number of benzene rings is 2. The highest BCUT2D eigenvalue weighted by Gasteiger charge is 2.02. The Balaban J connectivity index is 1.77. The van der Waals surface area contributed by atoms with E-state index in [0.29, 0.717) is 12.1 Å². The highest BCUT2D eigenvalue weighted by molar-refractivity contribution is 5.82. The van der Waals surface area contributed by atoms with Crippen LogP contribution in [-0.2, 0) is 6.54 Å². The van der Waals surface area contributed by atoms with E-state index in [0.717, 1.165) is 22.7 Å². The Kier molecular flexibility index (Phi) is 3.29. The van der Waals surface area contributed by atoms with E-state index in [-0.39, 0.29) is 0 Å². The van der Waals surface area contributed by atoms with Crippen molar-refractivity contribution in [3.8, 4) is 0 Å². The summed E-state index contributed by atoms with van der Waals surface area (Å²) < 4.78 is 25.9. The van der Waals surface area contributed by atoms with Gasteiger partial charge in [-0.25, -0.2) is 8.78 Å². The average molecular weight is 270 g/mol. The molecule has 0 amide bonds. The fraction of sp³-hybridized carbons (Fsp3) is 0.0625. The average Bonchev–Trinajstić information content (AvgIpc) is 2.48. The highest BCUT2D eigenvalue weighted by atomic mass is 19.2. The number of pyridine rings is 1. The molecule has 3 rings (SSSR count). The smallest absolute Gasteiger partial charge is 0.159 e. The monoisotopic (exact) mass is 270 g/mol. The molecule has 1 aromatic heterocycles. The molecule has 1 N–H and O–H groups in total. The van der Waals surface area contributed by atoms with E-state index < -0.39 is 11.6 Å². The predicted octanol–water partition coefficient (Wildman–Crippen LogP) is 4.13.